The molecule has 0 radical (unpaired) electrons. The number of nitrogens with zero attached hydrogens (tertiary/aromatic N) is 3. The zero-order chi connectivity index (χ0) is 17.2. The molecule has 126 valence electrons. The summed E-state index contributed by atoms with van der Waals surface area (Å²) in [5.41, 5.74) is 2.18. The summed E-state index contributed by atoms with van der Waals surface area (Å²) < 4.78 is 12.8. The van der Waals surface area contributed by atoms with Crippen LogP contribution in [-0.4, -0.2) is 35.9 Å². The van der Waals surface area contributed by atoms with E-state index in [1.54, 1.807) is 28.9 Å². The van der Waals surface area contributed by atoms with Crippen LogP contribution in [0.1, 0.15) is 10.4 Å². The predicted octanol–water partition coefficient (Wildman–Crippen LogP) is 2.92. The Labute approximate surface area is 145 Å². The van der Waals surface area contributed by atoms with E-state index in [0.717, 1.165) is 11.4 Å². The lowest BCUT2D eigenvalue weighted by Crippen LogP contribution is -2.26. The fourth-order valence-electron chi connectivity index (χ4n) is 2.75. The highest BCUT2D eigenvalue weighted by Gasteiger charge is 2.18. The molecule has 0 N–H and O–H groups in total. The van der Waals surface area contributed by atoms with Crippen molar-refractivity contribution in [3.8, 4) is 17.2 Å². The van der Waals surface area contributed by atoms with E-state index in [2.05, 4.69) is 5.10 Å². The van der Waals surface area contributed by atoms with Crippen molar-refractivity contribution in [1.29, 1.82) is 0 Å². The van der Waals surface area contributed by atoms with Gasteiger partial charge in [-0.1, -0.05) is 6.07 Å². The average molecular weight is 335 g/mol. The summed E-state index contributed by atoms with van der Waals surface area (Å²) in [5.74, 6) is 1.26. The number of rotatable bonds is 3. The Morgan fingerprint density at radius 2 is 1.92 bits per heavy atom. The number of benzene rings is 2. The van der Waals surface area contributed by atoms with Crippen LogP contribution >= 0.6 is 0 Å². The molecule has 4 rings (SSSR count). The van der Waals surface area contributed by atoms with Crippen LogP contribution in [0.3, 0.4) is 0 Å². The summed E-state index contributed by atoms with van der Waals surface area (Å²) in [6.45, 7) is 1.06. The Morgan fingerprint density at radius 3 is 2.72 bits per heavy atom. The lowest BCUT2D eigenvalue weighted by molar-refractivity contribution is 0.0993. The molecule has 0 saturated heterocycles. The van der Waals surface area contributed by atoms with Crippen LogP contribution in [0.15, 0.2) is 60.9 Å². The van der Waals surface area contributed by atoms with Crippen molar-refractivity contribution < 1.29 is 14.3 Å². The molecule has 0 saturated carbocycles. The molecule has 1 amide bonds. The highest BCUT2D eigenvalue weighted by molar-refractivity contribution is 6.06. The molecule has 2 heterocycles. The quantitative estimate of drug-likeness (QED) is 0.738. The third-order valence-electron chi connectivity index (χ3n) is 4.08. The number of hydrogen-bond donors (Lipinski definition) is 0. The molecule has 25 heavy (non-hydrogen) atoms. The van der Waals surface area contributed by atoms with E-state index in [4.69, 9.17) is 9.47 Å². The molecule has 0 fully saturated rings. The van der Waals surface area contributed by atoms with Gasteiger partial charge in [0.25, 0.3) is 5.91 Å². The molecule has 0 atom stereocenters. The summed E-state index contributed by atoms with van der Waals surface area (Å²) >= 11 is 0. The van der Waals surface area contributed by atoms with E-state index < -0.39 is 0 Å². The summed E-state index contributed by atoms with van der Waals surface area (Å²) in [7, 11) is 1.74. The molecule has 0 unspecified atom stereocenters. The second-order valence-corrected chi connectivity index (χ2v) is 5.69. The Kier molecular flexibility index (Phi) is 3.85. The van der Waals surface area contributed by atoms with Crippen molar-refractivity contribution in [2.45, 2.75) is 0 Å². The van der Waals surface area contributed by atoms with E-state index in [-0.39, 0.29) is 5.91 Å². The largest absolute Gasteiger partial charge is 0.486 e. The summed E-state index contributed by atoms with van der Waals surface area (Å²) in [4.78, 5) is 14.5. The van der Waals surface area contributed by atoms with Crippen LogP contribution in [0, 0.1) is 0 Å². The van der Waals surface area contributed by atoms with E-state index >= 15 is 0 Å². The van der Waals surface area contributed by atoms with Gasteiger partial charge >= 0.3 is 0 Å². The van der Waals surface area contributed by atoms with Gasteiger partial charge in [0.1, 0.15) is 13.2 Å². The lowest BCUT2D eigenvalue weighted by Gasteiger charge is -2.22. The Hall–Kier alpha value is -3.28. The van der Waals surface area contributed by atoms with Gasteiger partial charge in [-0.2, -0.15) is 5.10 Å². The summed E-state index contributed by atoms with van der Waals surface area (Å²) in [6.07, 6.45) is 3.55. The fourth-order valence-corrected chi connectivity index (χ4v) is 2.75. The molecular formula is C19H17N3O3. The van der Waals surface area contributed by atoms with Crippen molar-refractivity contribution in [2.24, 2.45) is 0 Å². The number of hydrogen-bond acceptors (Lipinski definition) is 4. The normalized spacial score (nSPS) is 12.7. The van der Waals surface area contributed by atoms with E-state index in [0.29, 0.717) is 30.3 Å². The van der Waals surface area contributed by atoms with Crippen LogP contribution < -0.4 is 14.4 Å². The first-order valence-electron chi connectivity index (χ1n) is 8.00. The van der Waals surface area contributed by atoms with Gasteiger partial charge in [-0.05, 0) is 36.4 Å². The number of carbonyl (C=O) groups excluding carboxylic acids is 1. The number of ether oxygens (including phenoxy) is 2. The first kappa shape index (κ1) is 15.3. The van der Waals surface area contributed by atoms with Crippen LogP contribution in [0.4, 0.5) is 5.69 Å². The number of fused-ring (bicyclic) bond motifs is 1. The number of aromatic nitrogens is 2. The molecule has 3 aromatic rings. The standard InChI is InChI=1S/C19H17N3O3/c1-21(15-6-7-17-18(13-15)25-11-10-24-17)19(23)14-4-2-5-16(12-14)22-9-3-8-20-22/h2-9,12-13H,10-11H2,1H3. The fraction of sp³-hybridized carbons (Fsp3) is 0.158. The van der Waals surface area contributed by atoms with Crippen LogP contribution in [0.2, 0.25) is 0 Å². The minimum absolute atomic E-state index is 0.106. The second-order valence-electron chi connectivity index (χ2n) is 5.69. The monoisotopic (exact) mass is 335 g/mol. The van der Waals surface area contributed by atoms with Gasteiger partial charge in [-0.3, -0.25) is 4.79 Å². The third kappa shape index (κ3) is 2.94. The second kappa shape index (κ2) is 6.32. The van der Waals surface area contributed by atoms with Crippen molar-refractivity contribution in [3.05, 3.63) is 66.5 Å². The Bertz CT molecular complexity index is 906. The molecular weight excluding hydrogens is 318 g/mol. The molecule has 1 aliphatic rings. The SMILES string of the molecule is CN(C(=O)c1cccc(-n2cccn2)c1)c1ccc2c(c1)OCCO2. The zero-order valence-electron chi connectivity index (χ0n) is 13.8. The van der Waals surface area contributed by atoms with Gasteiger partial charge in [-0.25, -0.2) is 4.68 Å². The first-order chi connectivity index (χ1) is 12.2. The number of amides is 1. The molecule has 1 aliphatic heterocycles. The highest BCUT2D eigenvalue weighted by atomic mass is 16.6. The highest BCUT2D eigenvalue weighted by Crippen LogP contribution is 2.34. The van der Waals surface area contributed by atoms with Crippen LogP contribution in [0.5, 0.6) is 11.5 Å². The molecule has 6 nitrogen and oxygen atoms in total. The Balaban J connectivity index is 1.61. The van der Waals surface area contributed by atoms with Gasteiger partial charge in [0, 0.05) is 36.8 Å². The predicted molar refractivity (Wildman–Crippen MR) is 93.7 cm³/mol. The zero-order valence-corrected chi connectivity index (χ0v) is 13.8. The van der Waals surface area contributed by atoms with Crippen LogP contribution in [-0.2, 0) is 0 Å². The van der Waals surface area contributed by atoms with Crippen molar-refractivity contribution >= 4 is 11.6 Å². The number of carbonyl (C=O) groups is 1. The molecule has 0 aliphatic carbocycles. The molecule has 0 bridgehead atoms. The van der Waals surface area contributed by atoms with E-state index in [1.807, 2.05) is 48.7 Å². The lowest BCUT2D eigenvalue weighted by atomic mass is 10.1. The molecule has 0 spiro atoms. The average Bonchev–Trinajstić information content (AvgIpc) is 3.21. The maximum Gasteiger partial charge on any atom is 0.258 e. The van der Waals surface area contributed by atoms with Crippen molar-refractivity contribution in [2.75, 3.05) is 25.2 Å². The van der Waals surface area contributed by atoms with Crippen molar-refractivity contribution in [1.82, 2.24) is 9.78 Å². The topological polar surface area (TPSA) is 56.6 Å². The summed E-state index contributed by atoms with van der Waals surface area (Å²) in [6, 6.07) is 14.7. The molecule has 2 aromatic carbocycles. The maximum absolute atomic E-state index is 12.9. The molecule has 1 aromatic heterocycles. The van der Waals surface area contributed by atoms with E-state index in [1.165, 1.54) is 0 Å². The maximum atomic E-state index is 12.9. The first-order valence-corrected chi connectivity index (χ1v) is 8.00. The minimum Gasteiger partial charge on any atom is -0.486 e. The van der Waals surface area contributed by atoms with Gasteiger partial charge in [0.15, 0.2) is 11.5 Å². The smallest absolute Gasteiger partial charge is 0.258 e. The Morgan fingerprint density at radius 1 is 1.08 bits per heavy atom. The number of anilines is 1. The van der Waals surface area contributed by atoms with Crippen LogP contribution in [0.25, 0.3) is 5.69 Å². The summed E-state index contributed by atoms with van der Waals surface area (Å²) in [5, 5.41) is 4.20. The van der Waals surface area contributed by atoms with E-state index in [9.17, 15) is 4.79 Å². The van der Waals surface area contributed by atoms with Gasteiger partial charge < -0.3 is 14.4 Å². The third-order valence-corrected chi connectivity index (χ3v) is 4.08. The van der Waals surface area contributed by atoms with Gasteiger partial charge in [-0.15, -0.1) is 0 Å². The minimum atomic E-state index is -0.106. The molecule has 6 heteroatoms. The van der Waals surface area contributed by atoms with Gasteiger partial charge in [0.2, 0.25) is 0 Å². The van der Waals surface area contributed by atoms with Gasteiger partial charge in [0.05, 0.1) is 5.69 Å². The van der Waals surface area contributed by atoms with Crippen molar-refractivity contribution in [3.63, 3.8) is 0 Å².